The number of nitrogens with zero attached hydrogens (tertiary/aromatic N) is 2. The third-order valence-corrected chi connectivity index (χ3v) is 1.92. The van der Waals surface area contributed by atoms with E-state index in [1.54, 1.807) is 18.3 Å². The van der Waals surface area contributed by atoms with Gasteiger partial charge in [-0.15, -0.1) is 0 Å². The zero-order chi connectivity index (χ0) is 10.1. The predicted molar refractivity (Wildman–Crippen MR) is 52.1 cm³/mol. The first kappa shape index (κ1) is 8.43. The first-order valence-corrected chi connectivity index (χ1v) is 3.98. The number of rotatable bonds is 2. The molecular weight excluding hydrogens is 180 g/mol. The topological polar surface area (TPSA) is 84.7 Å². The van der Waals surface area contributed by atoms with Crippen molar-refractivity contribution in [3.05, 3.63) is 30.6 Å². The molecule has 3 N–H and O–H groups in total. The number of aromatic nitrogens is 3. The molecule has 2 rings (SSSR count). The van der Waals surface area contributed by atoms with Gasteiger partial charge in [0.1, 0.15) is 5.69 Å². The number of H-pyrrole nitrogens is 1. The van der Waals surface area contributed by atoms with Crippen molar-refractivity contribution in [1.82, 2.24) is 15.2 Å². The lowest BCUT2D eigenvalue weighted by Gasteiger charge is -1.95. The van der Waals surface area contributed by atoms with Crippen molar-refractivity contribution in [2.45, 2.75) is 0 Å². The molecule has 0 unspecified atom stereocenters. The first-order chi connectivity index (χ1) is 6.70. The molecule has 2 heterocycles. The number of carbonyl (C=O) groups is 1. The molecule has 5 nitrogen and oxygen atoms in total. The summed E-state index contributed by atoms with van der Waals surface area (Å²) in [5.74, 6) is -0.581. The monoisotopic (exact) mass is 188 g/mol. The Morgan fingerprint density at radius 2 is 2.36 bits per heavy atom. The second kappa shape index (κ2) is 2.95. The zero-order valence-electron chi connectivity index (χ0n) is 7.32. The Bertz CT molecular complexity index is 514. The van der Waals surface area contributed by atoms with Crippen LogP contribution in [0.15, 0.2) is 24.9 Å². The molecule has 0 bridgehead atoms. The zero-order valence-corrected chi connectivity index (χ0v) is 7.32. The van der Waals surface area contributed by atoms with Gasteiger partial charge >= 0.3 is 0 Å². The molecule has 0 aliphatic carbocycles. The molecule has 2 aromatic rings. The van der Waals surface area contributed by atoms with Crippen LogP contribution in [0.25, 0.3) is 16.6 Å². The van der Waals surface area contributed by atoms with Crippen LogP contribution in [0, 0.1) is 0 Å². The molecule has 0 aliphatic rings. The maximum Gasteiger partial charge on any atom is 0.250 e. The maximum atomic E-state index is 10.9. The number of nitrogens with two attached hydrogens (primary N) is 1. The second-order valence-corrected chi connectivity index (χ2v) is 2.81. The van der Waals surface area contributed by atoms with Crippen LogP contribution in [-0.4, -0.2) is 21.1 Å². The SMILES string of the molecule is C=C(C(N)=O)c1n[nH]c2ncccc12. The Kier molecular flexibility index (Phi) is 1.78. The van der Waals surface area contributed by atoms with E-state index in [1.807, 2.05) is 0 Å². The van der Waals surface area contributed by atoms with E-state index in [-0.39, 0.29) is 5.57 Å². The number of fused-ring (bicyclic) bond motifs is 1. The lowest BCUT2D eigenvalue weighted by molar-refractivity contribution is -0.112. The molecule has 2 aromatic heterocycles. The molecule has 0 atom stereocenters. The summed E-state index contributed by atoms with van der Waals surface area (Å²) >= 11 is 0. The second-order valence-electron chi connectivity index (χ2n) is 2.81. The van der Waals surface area contributed by atoms with E-state index in [0.717, 1.165) is 5.39 Å². The highest BCUT2D eigenvalue weighted by molar-refractivity contribution is 6.20. The van der Waals surface area contributed by atoms with Crippen molar-refractivity contribution in [2.75, 3.05) is 0 Å². The number of carbonyl (C=O) groups excluding carboxylic acids is 1. The fourth-order valence-corrected chi connectivity index (χ4v) is 1.20. The highest BCUT2D eigenvalue weighted by atomic mass is 16.1. The number of nitrogens with one attached hydrogen (secondary N) is 1. The molecule has 0 fully saturated rings. The number of hydrogen-bond donors (Lipinski definition) is 2. The molecule has 14 heavy (non-hydrogen) atoms. The van der Waals surface area contributed by atoms with Crippen LogP contribution in [0.1, 0.15) is 5.69 Å². The van der Waals surface area contributed by atoms with E-state index in [4.69, 9.17) is 5.73 Å². The summed E-state index contributed by atoms with van der Waals surface area (Å²) in [6.45, 7) is 3.56. The molecule has 0 saturated heterocycles. The molecule has 70 valence electrons. The molecule has 0 aliphatic heterocycles. The third-order valence-electron chi connectivity index (χ3n) is 1.92. The smallest absolute Gasteiger partial charge is 0.250 e. The van der Waals surface area contributed by atoms with Crippen LogP contribution in [0.3, 0.4) is 0 Å². The Labute approximate surface area is 79.6 Å². The predicted octanol–water partition coefficient (Wildman–Crippen LogP) is 0.456. The van der Waals surface area contributed by atoms with E-state index in [0.29, 0.717) is 11.3 Å². The minimum atomic E-state index is -0.581. The molecule has 0 radical (unpaired) electrons. The Morgan fingerprint density at radius 3 is 3.07 bits per heavy atom. The van der Waals surface area contributed by atoms with Crippen molar-refractivity contribution < 1.29 is 4.79 Å². The Morgan fingerprint density at radius 1 is 1.57 bits per heavy atom. The number of amides is 1. The summed E-state index contributed by atoms with van der Waals surface area (Å²) in [4.78, 5) is 14.9. The summed E-state index contributed by atoms with van der Waals surface area (Å²) in [5.41, 5.74) is 6.36. The number of hydrogen-bond acceptors (Lipinski definition) is 3. The van der Waals surface area contributed by atoms with E-state index < -0.39 is 5.91 Å². The van der Waals surface area contributed by atoms with E-state index >= 15 is 0 Å². The lowest BCUT2D eigenvalue weighted by Crippen LogP contribution is -2.12. The largest absolute Gasteiger partial charge is 0.366 e. The molecule has 0 saturated carbocycles. The summed E-state index contributed by atoms with van der Waals surface area (Å²) in [6, 6.07) is 3.56. The minimum absolute atomic E-state index is 0.184. The van der Waals surface area contributed by atoms with Gasteiger partial charge in [0.05, 0.1) is 5.57 Å². The average molecular weight is 188 g/mol. The van der Waals surface area contributed by atoms with Crippen LogP contribution in [-0.2, 0) is 4.79 Å². The fraction of sp³-hybridized carbons (Fsp3) is 0. The van der Waals surface area contributed by atoms with Gasteiger partial charge < -0.3 is 5.73 Å². The third kappa shape index (κ3) is 1.15. The number of primary amides is 1. The molecule has 1 amide bonds. The fourth-order valence-electron chi connectivity index (χ4n) is 1.20. The normalized spacial score (nSPS) is 10.3. The number of aromatic amines is 1. The lowest BCUT2D eigenvalue weighted by atomic mass is 10.1. The Balaban J connectivity index is 2.64. The standard InChI is InChI=1S/C9H8N4O/c1-5(8(10)14)7-6-3-2-4-11-9(6)13-12-7/h2-4H,1H2,(H2,10,14)(H,11,12,13). The minimum Gasteiger partial charge on any atom is -0.366 e. The number of pyridine rings is 1. The van der Waals surface area contributed by atoms with E-state index in [2.05, 4.69) is 21.8 Å². The summed E-state index contributed by atoms with van der Waals surface area (Å²) < 4.78 is 0. The first-order valence-electron chi connectivity index (χ1n) is 3.98. The van der Waals surface area contributed by atoms with E-state index in [9.17, 15) is 4.79 Å². The summed E-state index contributed by atoms with van der Waals surface area (Å²) in [6.07, 6.45) is 1.64. The van der Waals surface area contributed by atoms with Crippen molar-refractivity contribution in [2.24, 2.45) is 5.73 Å². The van der Waals surface area contributed by atoms with Crippen molar-refractivity contribution >= 4 is 22.5 Å². The summed E-state index contributed by atoms with van der Waals surface area (Å²) in [7, 11) is 0. The molecule has 0 spiro atoms. The summed E-state index contributed by atoms with van der Waals surface area (Å²) in [5, 5.41) is 7.37. The molecular formula is C9H8N4O. The highest BCUT2D eigenvalue weighted by Crippen LogP contribution is 2.18. The van der Waals surface area contributed by atoms with Crippen molar-refractivity contribution in [3.63, 3.8) is 0 Å². The van der Waals surface area contributed by atoms with Gasteiger partial charge in [-0.1, -0.05) is 6.58 Å². The van der Waals surface area contributed by atoms with Crippen molar-refractivity contribution in [1.29, 1.82) is 0 Å². The van der Waals surface area contributed by atoms with Crippen LogP contribution < -0.4 is 5.73 Å². The molecule has 0 aromatic carbocycles. The van der Waals surface area contributed by atoms with Gasteiger partial charge in [0, 0.05) is 11.6 Å². The Hall–Kier alpha value is -2.17. The average Bonchev–Trinajstić information content (AvgIpc) is 2.60. The van der Waals surface area contributed by atoms with Gasteiger partial charge in [-0.25, -0.2) is 4.98 Å². The van der Waals surface area contributed by atoms with Gasteiger partial charge in [0.2, 0.25) is 5.91 Å². The van der Waals surface area contributed by atoms with Crippen molar-refractivity contribution in [3.8, 4) is 0 Å². The highest BCUT2D eigenvalue weighted by Gasteiger charge is 2.12. The van der Waals surface area contributed by atoms with Gasteiger partial charge in [0.25, 0.3) is 0 Å². The van der Waals surface area contributed by atoms with E-state index in [1.165, 1.54) is 0 Å². The van der Waals surface area contributed by atoms with Gasteiger partial charge in [-0.2, -0.15) is 5.10 Å². The van der Waals surface area contributed by atoms with Crippen LogP contribution in [0.5, 0.6) is 0 Å². The van der Waals surface area contributed by atoms with Gasteiger partial charge in [-0.3, -0.25) is 9.89 Å². The maximum absolute atomic E-state index is 10.9. The van der Waals surface area contributed by atoms with Crippen LogP contribution in [0.4, 0.5) is 0 Å². The van der Waals surface area contributed by atoms with Crippen LogP contribution in [0.2, 0.25) is 0 Å². The van der Waals surface area contributed by atoms with Gasteiger partial charge in [-0.05, 0) is 12.1 Å². The van der Waals surface area contributed by atoms with Crippen LogP contribution >= 0.6 is 0 Å². The molecule has 5 heteroatoms. The van der Waals surface area contributed by atoms with Gasteiger partial charge in [0.15, 0.2) is 5.65 Å². The quantitative estimate of drug-likeness (QED) is 0.671.